The Hall–Kier alpha value is -4.02. The summed E-state index contributed by atoms with van der Waals surface area (Å²) in [5.74, 6) is 0.377. The lowest BCUT2D eigenvalue weighted by atomic mass is 9.99. The van der Waals surface area contributed by atoms with Crippen LogP contribution in [0.1, 0.15) is 34.7 Å². The van der Waals surface area contributed by atoms with Crippen molar-refractivity contribution in [2.45, 2.75) is 13.0 Å². The molecular weight excluding hydrogens is 475 g/mol. The normalized spacial score (nSPS) is 10.8. The number of Topliss-reactive ketones (excluding diaryl/α,β-unsaturated/α-hetero) is 1. The lowest BCUT2D eigenvalue weighted by Crippen LogP contribution is -2.30. The Balaban J connectivity index is 0.000000422. The summed E-state index contributed by atoms with van der Waals surface area (Å²) in [5.41, 5.74) is 0.958. The number of aldehydes is 2. The zero-order chi connectivity index (χ0) is 26.2. The third-order valence-electron chi connectivity index (χ3n) is 4.18. The molecule has 1 atom stereocenters. The number of allylic oxidation sites excluding steroid dienone is 1. The van der Waals surface area contributed by atoms with Gasteiger partial charge >= 0.3 is 0 Å². The second kappa shape index (κ2) is 15.8. The van der Waals surface area contributed by atoms with Gasteiger partial charge in [0.05, 0.1) is 18.0 Å². The molecule has 11 heteroatoms. The largest absolute Gasteiger partial charge is 0.373 e. The monoisotopic (exact) mass is 500 g/mol. The topological polar surface area (TPSA) is 141 Å². The molecule has 0 aliphatic carbocycles. The van der Waals surface area contributed by atoms with E-state index in [9.17, 15) is 14.0 Å². The fourth-order valence-corrected chi connectivity index (χ4v) is 2.67. The van der Waals surface area contributed by atoms with Crippen LogP contribution in [-0.2, 0) is 9.59 Å². The number of ketones is 1. The Morgan fingerprint density at radius 2 is 1.83 bits per heavy atom. The van der Waals surface area contributed by atoms with Crippen LogP contribution < -0.4 is 10.6 Å². The molecule has 9 nitrogen and oxygen atoms in total. The molecule has 184 valence electrons. The lowest BCUT2D eigenvalue weighted by Gasteiger charge is -2.14. The Labute approximate surface area is 207 Å². The van der Waals surface area contributed by atoms with Gasteiger partial charge in [0.25, 0.3) is 0 Å². The van der Waals surface area contributed by atoms with Gasteiger partial charge in [-0.3, -0.25) is 15.0 Å². The first-order valence-corrected chi connectivity index (χ1v) is 10.6. The minimum Gasteiger partial charge on any atom is -0.373 e. The highest BCUT2D eigenvalue weighted by Crippen LogP contribution is 2.18. The van der Waals surface area contributed by atoms with E-state index in [1.165, 1.54) is 25.3 Å². The number of H-pyrrole nitrogens is 1. The van der Waals surface area contributed by atoms with Crippen LogP contribution in [0.3, 0.4) is 0 Å². The van der Waals surface area contributed by atoms with Gasteiger partial charge in [-0.2, -0.15) is 4.39 Å². The molecule has 0 radical (unpaired) electrons. The SMILES string of the molecule is CC=O.CNc1cnc(/C=C\C(=N)C(=O)C(NC)c2ccc(Cl)cc2)[nH]1.O=Cc1ccnc(F)c1. The maximum absolute atomic E-state index is 12.4. The molecule has 35 heavy (non-hydrogen) atoms. The number of imidazole rings is 1. The van der Waals surface area contributed by atoms with Gasteiger partial charge < -0.3 is 20.4 Å². The molecular formula is C24H26ClFN6O3. The molecule has 0 saturated carbocycles. The number of pyridine rings is 1. The van der Waals surface area contributed by atoms with E-state index in [1.54, 1.807) is 50.6 Å². The van der Waals surface area contributed by atoms with E-state index >= 15 is 0 Å². The average molecular weight is 501 g/mol. The highest BCUT2D eigenvalue weighted by molar-refractivity contribution is 6.45. The van der Waals surface area contributed by atoms with Crippen molar-refractivity contribution in [3.8, 4) is 0 Å². The number of halogens is 2. The Kier molecular flexibility index (Phi) is 13.1. The number of hydrogen-bond donors (Lipinski definition) is 4. The third kappa shape index (κ3) is 10.2. The van der Waals surface area contributed by atoms with Crippen LogP contribution in [0.4, 0.5) is 10.2 Å². The fourth-order valence-electron chi connectivity index (χ4n) is 2.54. The number of nitrogens with one attached hydrogen (secondary N) is 4. The molecule has 2 heterocycles. The quantitative estimate of drug-likeness (QED) is 0.209. The van der Waals surface area contributed by atoms with Crippen molar-refractivity contribution in [2.75, 3.05) is 19.4 Å². The van der Waals surface area contributed by atoms with Crippen LogP contribution in [0.25, 0.3) is 6.08 Å². The van der Waals surface area contributed by atoms with E-state index in [2.05, 4.69) is 25.6 Å². The van der Waals surface area contributed by atoms with Crippen LogP contribution in [0.5, 0.6) is 0 Å². The number of carbonyl (C=O) groups excluding carboxylic acids is 3. The summed E-state index contributed by atoms with van der Waals surface area (Å²) in [6.07, 6.45) is 7.23. The zero-order valence-electron chi connectivity index (χ0n) is 19.4. The molecule has 0 saturated heterocycles. The summed E-state index contributed by atoms with van der Waals surface area (Å²) >= 11 is 5.86. The minimum absolute atomic E-state index is 0.110. The van der Waals surface area contributed by atoms with Crippen LogP contribution in [0.15, 0.2) is 54.9 Å². The van der Waals surface area contributed by atoms with Crippen molar-refractivity contribution in [1.29, 1.82) is 5.41 Å². The van der Waals surface area contributed by atoms with Crippen molar-refractivity contribution >= 4 is 47.6 Å². The standard InChI is InChI=1S/C16H18ClN5O.C6H4FNO.C2H4O/c1-19-14-9-21-13(22-14)8-7-12(18)16(23)15(20-2)10-3-5-11(17)6-4-10;7-6-3-5(4-9)1-2-8-6;1-2-3/h3-9,15,18-20H,1-2H3,(H,21,22);1-4H;2H,1H3/b8-7-,18-12?;;. The van der Waals surface area contributed by atoms with Gasteiger partial charge in [0.1, 0.15) is 24.2 Å². The maximum Gasteiger partial charge on any atom is 0.213 e. The molecule has 4 N–H and O–H groups in total. The number of likely N-dealkylation sites (N-methyl/N-ethyl adjacent to an activating group) is 1. The number of nitrogens with zero attached hydrogens (tertiary/aromatic N) is 2. The predicted octanol–water partition coefficient (Wildman–Crippen LogP) is 3.91. The van der Waals surface area contributed by atoms with Crippen LogP contribution >= 0.6 is 11.6 Å². The first kappa shape index (κ1) is 29.0. The molecule has 2 aromatic heterocycles. The van der Waals surface area contributed by atoms with Crippen molar-refractivity contribution in [2.24, 2.45) is 0 Å². The van der Waals surface area contributed by atoms with Gasteiger partial charge in [-0.25, -0.2) is 9.97 Å². The summed E-state index contributed by atoms with van der Waals surface area (Å²) in [4.78, 5) is 41.6. The molecule has 1 unspecified atom stereocenters. The second-order valence-corrected chi connectivity index (χ2v) is 7.02. The minimum atomic E-state index is -0.625. The van der Waals surface area contributed by atoms with Gasteiger partial charge in [-0.1, -0.05) is 23.7 Å². The number of aromatic nitrogens is 3. The molecule has 1 aromatic carbocycles. The van der Waals surface area contributed by atoms with Crippen LogP contribution in [0, 0.1) is 11.4 Å². The number of aromatic amines is 1. The number of rotatable bonds is 8. The second-order valence-electron chi connectivity index (χ2n) is 6.58. The first-order valence-electron chi connectivity index (χ1n) is 10.2. The summed E-state index contributed by atoms with van der Waals surface area (Å²) in [6.45, 7) is 1.44. The van der Waals surface area contributed by atoms with E-state index in [4.69, 9.17) is 21.8 Å². The molecule has 0 bridgehead atoms. The molecule has 0 aliphatic rings. The maximum atomic E-state index is 12.4. The highest BCUT2D eigenvalue weighted by atomic mass is 35.5. The zero-order valence-corrected chi connectivity index (χ0v) is 20.1. The smallest absolute Gasteiger partial charge is 0.213 e. The van der Waals surface area contributed by atoms with Gasteiger partial charge in [0, 0.05) is 29.9 Å². The summed E-state index contributed by atoms with van der Waals surface area (Å²) < 4.78 is 12.1. The number of benzene rings is 1. The highest BCUT2D eigenvalue weighted by Gasteiger charge is 2.21. The lowest BCUT2D eigenvalue weighted by molar-refractivity contribution is -0.114. The third-order valence-corrected chi connectivity index (χ3v) is 4.43. The first-order chi connectivity index (χ1) is 16.8. The summed E-state index contributed by atoms with van der Waals surface area (Å²) in [6, 6.07) is 8.90. The van der Waals surface area contributed by atoms with Gasteiger partial charge in [0.2, 0.25) is 11.7 Å². The van der Waals surface area contributed by atoms with Crippen LogP contribution in [0.2, 0.25) is 5.02 Å². The van der Waals surface area contributed by atoms with E-state index in [1.807, 2.05) is 0 Å². The molecule has 3 aromatic rings. The van der Waals surface area contributed by atoms with E-state index in [0.717, 1.165) is 23.7 Å². The van der Waals surface area contributed by atoms with Crippen molar-refractivity contribution in [1.82, 2.24) is 20.3 Å². The van der Waals surface area contributed by atoms with Gasteiger partial charge in [-0.05, 0) is 49.9 Å². The average Bonchev–Trinajstić information content (AvgIpc) is 3.33. The Bertz CT molecular complexity index is 1150. The van der Waals surface area contributed by atoms with E-state index < -0.39 is 12.0 Å². The summed E-state index contributed by atoms with van der Waals surface area (Å²) in [5, 5.41) is 14.4. The van der Waals surface area contributed by atoms with Crippen molar-refractivity contribution < 1.29 is 18.8 Å². The van der Waals surface area contributed by atoms with Gasteiger partial charge in [-0.15, -0.1) is 0 Å². The van der Waals surface area contributed by atoms with Gasteiger partial charge in [0.15, 0.2) is 0 Å². The Morgan fingerprint density at radius 1 is 1.17 bits per heavy atom. The van der Waals surface area contributed by atoms with Crippen molar-refractivity contribution in [3.63, 3.8) is 0 Å². The Morgan fingerprint density at radius 3 is 2.31 bits per heavy atom. The van der Waals surface area contributed by atoms with Crippen molar-refractivity contribution in [3.05, 3.63) is 82.8 Å². The number of carbonyl (C=O) groups is 3. The molecule has 0 spiro atoms. The van der Waals surface area contributed by atoms with Crippen LogP contribution in [-0.4, -0.2) is 53.1 Å². The molecule has 0 amide bonds. The fraction of sp³-hybridized carbons (Fsp3) is 0.167. The predicted molar refractivity (Wildman–Crippen MR) is 134 cm³/mol. The molecule has 3 rings (SSSR count). The number of anilines is 1. The molecule has 0 fully saturated rings. The summed E-state index contributed by atoms with van der Waals surface area (Å²) in [7, 11) is 3.45. The number of hydrogen-bond acceptors (Lipinski definition) is 8. The van der Waals surface area contributed by atoms with E-state index in [0.29, 0.717) is 22.7 Å². The van der Waals surface area contributed by atoms with E-state index in [-0.39, 0.29) is 11.5 Å². The molecule has 0 aliphatic heterocycles.